The fourth-order valence-electron chi connectivity index (χ4n) is 4.55. The Morgan fingerprint density at radius 3 is 3.09 bits per heavy atom. The van der Waals surface area contributed by atoms with Gasteiger partial charge in [-0.05, 0) is 56.5 Å². The topological polar surface area (TPSA) is 51.3 Å². The molecule has 0 unspecified atom stereocenters. The number of H-pyrrole nitrogens is 1. The maximum atomic E-state index is 11.2. The number of benzene rings is 1. The number of piperidine rings is 2. The second-order valence-corrected chi connectivity index (χ2v) is 7.21. The summed E-state index contributed by atoms with van der Waals surface area (Å²) in [7, 11) is 0. The van der Waals surface area contributed by atoms with Crippen molar-refractivity contribution in [3.8, 4) is 0 Å². The van der Waals surface area contributed by atoms with Crippen LogP contribution in [-0.4, -0.2) is 46.3 Å². The van der Waals surface area contributed by atoms with Crippen LogP contribution >= 0.6 is 0 Å². The van der Waals surface area contributed by atoms with Gasteiger partial charge in [-0.15, -0.1) is 0 Å². The standard InChI is InChI=1S/C19H27N3O/c23-19(9-4-12-22-11-2-1-7-18(19)22)14-20-13-15-5-3-6-17-16(15)8-10-21-17/h3,5-6,8,10,18,20-21,23H,1-2,4,7,9,11-14H2/t18-,19-/m1/s1. The molecule has 124 valence electrons. The molecule has 2 aromatic rings. The lowest BCUT2D eigenvalue weighted by molar-refractivity contribution is -0.0919. The van der Waals surface area contributed by atoms with Gasteiger partial charge in [-0.2, -0.15) is 0 Å². The molecule has 0 amide bonds. The minimum Gasteiger partial charge on any atom is -0.387 e. The molecule has 0 aliphatic carbocycles. The number of fused-ring (bicyclic) bond motifs is 2. The van der Waals surface area contributed by atoms with Gasteiger partial charge < -0.3 is 15.4 Å². The fourth-order valence-corrected chi connectivity index (χ4v) is 4.55. The van der Waals surface area contributed by atoms with Crippen LogP contribution in [0.2, 0.25) is 0 Å². The fraction of sp³-hybridized carbons (Fsp3) is 0.579. The maximum absolute atomic E-state index is 11.2. The van der Waals surface area contributed by atoms with Crippen LogP contribution in [0, 0.1) is 0 Å². The average molecular weight is 313 g/mol. The van der Waals surface area contributed by atoms with Gasteiger partial charge in [0, 0.05) is 36.2 Å². The van der Waals surface area contributed by atoms with E-state index < -0.39 is 5.60 Å². The van der Waals surface area contributed by atoms with Crippen molar-refractivity contribution in [2.24, 2.45) is 0 Å². The van der Waals surface area contributed by atoms with Crippen molar-refractivity contribution in [2.45, 2.75) is 50.3 Å². The van der Waals surface area contributed by atoms with Crippen LogP contribution in [0.25, 0.3) is 10.9 Å². The highest BCUT2D eigenvalue weighted by atomic mass is 16.3. The molecule has 0 spiro atoms. The minimum atomic E-state index is -0.565. The summed E-state index contributed by atoms with van der Waals surface area (Å²) in [5.41, 5.74) is 1.91. The predicted octanol–water partition coefficient (Wildman–Crippen LogP) is 2.64. The Bertz CT molecular complexity index is 665. The highest BCUT2D eigenvalue weighted by Gasteiger charge is 2.43. The summed E-state index contributed by atoms with van der Waals surface area (Å²) >= 11 is 0. The Balaban J connectivity index is 1.42. The molecule has 4 heteroatoms. The molecule has 1 aromatic heterocycles. The zero-order chi connectivity index (χ0) is 15.7. The first-order valence-corrected chi connectivity index (χ1v) is 8.98. The number of nitrogens with one attached hydrogen (secondary N) is 2. The van der Waals surface area contributed by atoms with E-state index in [2.05, 4.69) is 39.5 Å². The van der Waals surface area contributed by atoms with Gasteiger partial charge in [0.05, 0.1) is 5.60 Å². The van der Waals surface area contributed by atoms with Crippen LogP contribution in [0.1, 0.15) is 37.7 Å². The second-order valence-electron chi connectivity index (χ2n) is 7.21. The summed E-state index contributed by atoms with van der Waals surface area (Å²) in [5.74, 6) is 0. The third kappa shape index (κ3) is 2.91. The Morgan fingerprint density at radius 2 is 2.13 bits per heavy atom. The molecular weight excluding hydrogens is 286 g/mol. The molecule has 2 saturated heterocycles. The molecule has 0 bridgehead atoms. The number of aliphatic hydroxyl groups is 1. The molecule has 3 heterocycles. The van der Waals surface area contributed by atoms with E-state index in [1.165, 1.54) is 29.3 Å². The van der Waals surface area contributed by atoms with Crippen molar-refractivity contribution in [3.05, 3.63) is 36.0 Å². The van der Waals surface area contributed by atoms with E-state index in [9.17, 15) is 5.11 Å². The lowest BCUT2D eigenvalue weighted by Gasteiger charge is -2.49. The molecule has 0 saturated carbocycles. The third-order valence-electron chi connectivity index (χ3n) is 5.72. The number of rotatable bonds is 4. The Labute approximate surface area is 137 Å². The predicted molar refractivity (Wildman–Crippen MR) is 93.4 cm³/mol. The van der Waals surface area contributed by atoms with Gasteiger partial charge in [0.2, 0.25) is 0 Å². The molecule has 2 atom stereocenters. The second kappa shape index (κ2) is 6.27. The van der Waals surface area contributed by atoms with Crippen molar-refractivity contribution in [2.75, 3.05) is 19.6 Å². The van der Waals surface area contributed by atoms with Gasteiger partial charge in [0.25, 0.3) is 0 Å². The third-order valence-corrected chi connectivity index (χ3v) is 5.72. The van der Waals surface area contributed by atoms with E-state index >= 15 is 0 Å². The Morgan fingerprint density at radius 1 is 1.22 bits per heavy atom. The van der Waals surface area contributed by atoms with Crippen molar-refractivity contribution >= 4 is 10.9 Å². The summed E-state index contributed by atoms with van der Waals surface area (Å²) < 4.78 is 0. The van der Waals surface area contributed by atoms with Crippen molar-refractivity contribution in [1.29, 1.82) is 0 Å². The van der Waals surface area contributed by atoms with E-state index in [1.807, 2.05) is 6.20 Å². The van der Waals surface area contributed by atoms with Crippen LogP contribution in [0.3, 0.4) is 0 Å². The lowest BCUT2D eigenvalue weighted by atomic mass is 9.79. The summed E-state index contributed by atoms with van der Waals surface area (Å²) in [6.45, 7) is 3.82. The van der Waals surface area contributed by atoms with E-state index in [1.54, 1.807) is 0 Å². The van der Waals surface area contributed by atoms with Gasteiger partial charge in [-0.1, -0.05) is 18.6 Å². The number of hydrogen-bond donors (Lipinski definition) is 3. The summed E-state index contributed by atoms with van der Waals surface area (Å²) in [5, 5.41) is 16.0. The van der Waals surface area contributed by atoms with E-state index in [-0.39, 0.29) is 0 Å². The van der Waals surface area contributed by atoms with Gasteiger partial charge in [-0.25, -0.2) is 0 Å². The van der Waals surface area contributed by atoms with Crippen LogP contribution < -0.4 is 5.32 Å². The average Bonchev–Trinajstić information content (AvgIpc) is 3.05. The molecule has 2 aliphatic rings. The van der Waals surface area contributed by atoms with Crippen LogP contribution in [0.15, 0.2) is 30.5 Å². The molecule has 2 aliphatic heterocycles. The van der Waals surface area contributed by atoms with Crippen molar-refractivity contribution in [1.82, 2.24) is 15.2 Å². The van der Waals surface area contributed by atoms with Gasteiger partial charge in [-0.3, -0.25) is 4.90 Å². The van der Waals surface area contributed by atoms with Gasteiger partial charge in [0.1, 0.15) is 0 Å². The highest BCUT2D eigenvalue weighted by Crippen LogP contribution is 2.33. The van der Waals surface area contributed by atoms with Crippen LogP contribution in [0.5, 0.6) is 0 Å². The molecule has 1 aromatic carbocycles. The molecule has 4 nitrogen and oxygen atoms in total. The zero-order valence-electron chi connectivity index (χ0n) is 13.7. The quantitative estimate of drug-likeness (QED) is 0.813. The molecular formula is C19H27N3O. The van der Waals surface area contributed by atoms with Gasteiger partial charge in [0.15, 0.2) is 0 Å². The maximum Gasteiger partial charge on any atom is 0.0926 e. The summed E-state index contributed by atoms with van der Waals surface area (Å²) in [6, 6.07) is 8.84. The van der Waals surface area contributed by atoms with Crippen molar-refractivity contribution in [3.63, 3.8) is 0 Å². The molecule has 4 rings (SSSR count). The SMILES string of the molecule is O[C@@]1(CNCc2cccc3[nH]ccc23)CCCN2CCCC[C@@H]21. The van der Waals surface area contributed by atoms with E-state index in [0.717, 1.165) is 38.9 Å². The number of aromatic nitrogens is 1. The van der Waals surface area contributed by atoms with E-state index in [4.69, 9.17) is 0 Å². The molecule has 3 N–H and O–H groups in total. The lowest BCUT2D eigenvalue weighted by Crippen LogP contribution is -2.62. The summed E-state index contributed by atoms with van der Waals surface area (Å²) in [6.07, 6.45) is 7.72. The molecule has 0 radical (unpaired) electrons. The first kappa shape index (κ1) is 15.2. The first-order chi connectivity index (χ1) is 11.3. The molecule has 2 fully saturated rings. The summed E-state index contributed by atoms with van der Waals surface area (Å²) in [4.78, 5) is 5.78. The minimum absolute atomic E-state index is 0.348. The largest absolute Gasteiger partial charge is 0.387 e. The van der Waals surface area contributed by atoms with Gasteiger partial charge >= 0.3 is 0 Å². The smallest absolute Gasteiger partial charge is 0.0926 e. The van der Waals surface area contributed by atoms with E-state index in [0.29, 0.717) is 12.6 Å². The van der Waals surface area contributed by atoms with Crippen LogP contribution in [-0.2, 0) is 6.54 Å². The molecule has 23 heavy (non-hydrogen) atoms. The number of nitrogens with zero attached hydrogens (tertiary/aromatic N) is 1. The van der Waals surface area contributed by atoms with Crippen molar-refractivity contribution < 1.29 is 5.11 Å². The van der Waals surface area contributed by atoms with Crippen LogP contribution in [0.4, 0.5) is 0 Å². The monoisotopic (exact) mass is 313 g/mol. The Kier molecular flexibility index (Phi) is 4.14. The highest BCUT2D eigenvalue weighted by molar-refractivity contribution is 5.82. The number of hydrogen-bond acceptors (Lipinski definition) is 3. The number of aromatic amines is 1. The normalized spacial score (nSPS) is 28.8. The first-order valence-electron chi connectivity index (χ1n) is 8.98. The Hall–Kier alpha value is -1.36. The zero-order valence-corrected chi connectivity index (χ0v) is 13.7.